The van der Waals surface area contributed by atoms with Gasteiger partial charge in [-0.1, -0.05) is 6.07 Å². The van der Waals surface area contributed by atoms with Crippen LogP contribution in [0.4, 0.5) is 0 Å². The Morgan fingerprint density at radius 2 is 2.29 bits per heavy atom. The third-order valence-corrected chi connectivity index (χ3v) is 2.37. The molecular weight excluding hydrogens is 214 g/mol. The molecule has 0 amide bonds. The molecule has 2 rings (SSSR count). The molecule has 4 heteroatoms. The lowest BCUT2D eigenvalue weighted by Gasteiger charge is -2.02. The zero-order valence-electron chi connectivity index (χ0n) is 9.34. The van der Waals surface area contributed by atoms with Gasteiger partial charge in [-0.05, 0) is 19.1 Å². The number of furan rings is 1. The summed E-state index contributed by atoms with van der Waals surface area (Å²) in [6.45, 7) is 1.83. The molecule has 17 heavy (non-hydrogen) atoms. The number of hydrogen-bond donors (Lipinski definition) is 1. The van der Waals surface area contributed by atoms with Gasteiger partial charge in [-0.2, -0.15) is 5.26 Å². The predicted octanol–water partition coefficient (Wildman–Crippen LogP) is 2.33. The molecule has 84 valence electrons. The van der Waals surface area contributed by atoms with E-state index in [2.05, 4.69) is 11.1 Å². The first-order valence-electron chi connectivity index (χ1n) is 5.08. The molecule has 0 bridgehead atoms. The average molecular weight is 225 g/mol. The van der Waals surface area contributed by atoms with E-state index in [1.165, 1.54) is 0 Å². The van der Waals surface area contributed by atoms with Crippen molar-refractivity contribution in [1.82, 2.24) is 4.98 Å². The van der Waals surface area contributed by atoms with Gasteiger partial charge in [0, 0.05) is 23.5 Å². The second-order valence-corrected chi connectivity index (χ2v) is 3.59. The van der Waals surface area contributed by atoms with Crippen LogP contribution >= 0.6 is 0 Å². The topological polar surface area (TPSA) is 75.8 Å². The lowest BCUT2D eigenvalue weighted by atomic mass is 10.0. The molecule has 0 aliphatic rings. The summed E-state index contributed by atoms with van der Waals surface area (Å²) < 4.78 is 5.18. The van der Waals surface area contributed by atoms with E-state index >= 15 is 0 Å². The number of aromatic nitrogens is 1. The minimum atomic E-state index is 0.400. The first-order valence-corrected chi connectivity index (χ1v) is 5.08. The summed E-state index contributed by atoms with van der Waals surface area (Å²) in [5.41, 5.74) is 8.18. The van der Waals surface area contributed by atoms with Crippen LogP contribution in [0.3, 0.4) is 0 Å². The first kappa shape index (κ1) is 11.0. The quantitative estimate of drug-likeness (QED) is 0.796. The summed E-state index contributed by atoms with van der Waals surface area (Å²) in [5, 5.41) is 9.17. The molecule has 0 saturated heterocycles. The average Bonchev–Trinajstić information content (AvgIpc) is 2.78. The number of hydrogen-bond acceptors (Lipinski definition) is 4. The van der Waals surface area contributed by atoms with Crippen molar-refractivity contribution in [2.24, 2.45) is 5.73 Å². The van der Waals surface area contributed by atoms with Crippen LogP contribution in [0.25, 0.3) is 11.3 Å². The molecular formula is C13H11N3O. The fourth-order valence-electron chi connectivity index (χ4n) is 1.52. The molecule has 0 aromatic carbocycles. The van der Waals surface area contributed by atoms with Crippen LogP contribution in [0.1, 0.15) is 16.9 Å². The smallest absolute Gasteiger partial charge is 0.102 e. The van der Waals surface area contributed by atoms with Gasteiger partial charge in [0.05, 0.1) is 17.5 Å². The zero-order chi connectivity index (χ0) is 12.3. The van der Waals surface area contributed by atoms with Crippen molar-refractivity contribution < 1.29 is 4.42 Å². The molecule has 2 aromatic rings. The predicted molar refractivity (Wildman–Crippen MR) is 64.3 cm³/mol. The van der Waals surface area contributed by atoms with Gasteiger partial charge in [-0.25, -0.2) is 0 Å². The molecule has 2 aromatic heterocycles. The van der Waals surface area contributed by atoms with Crippen molar-refractivity contribution in [2.75, 3.05) is 0 Å². The van der Waals surface area contributed by atoms with Crippen LogP contribution in [-0.4, -0.2) is 4.98 Å². The van der Waals surface area contributed by atoms with Crippen molar-refractivity contribution in [3.8, 4) is 6.07 Å². The zero-order valence-corrected chi connectivity index (χ0v) is 9.34. The third kappa shape index (κ3) is 2.18. The Morgan fingerprint density at radius 3 is 2.82 bits per heavy atom. The highest BCUT2D eigenvalue weighted by Crippen LogP contribution is 2.22. The second-order valence-electron chi connectivity index (χ2n) is 3.59. The summed E-state index contributed by atoms with van der Waals surface area (Å²) in [6, 6.07) is 7.45. The number of rotatable bonds is 2. The molecule has 2 N–H and O–H groups in total. The van der Waals surface area contributed by atoms with Gasteiger partial charge in [0.1, 0.15) is 11.8 Å². The maximum absolute atomic E-state index is 9.17. The summed E-state index contributed by atoms with van der Waals surface area (Å²) in [6.07, 6.45) is 4.80. The van der Waals surface area contributed by atoms with Gasteiger partial charge < -0.3 is 10.2 Å². The summed E-state index contributed by atoms with van der Waals surface area (Å²) in [4.78, 5) is 3.97. The standard InChI is InChI=1S/C13H11N3O/c1-9-5-11(8-17-9)13(15)12(6-14)10-3-2-4-16-7-10/h2-5,7-8H,15H2,1H3/b13-12+. The van der Waals surface area contributed by atoms with Gasteiger partial charge in [0.2, 0.25) is 0 Å². The minimum Gasteiger partial charge on any atom is -0.469 e. The molecule has 0 atom stereocenters. The van der Waals surface area contributed by atoms with Crippen molar-refractivity contribution >= 4 is 11.3 Å². The molecule has 0 spiro atoms. The highest BCUT2D eigenvalue weighted by Gasteiger charge is 2.10. The molecule has 0 aliphatic heterocycles. The monoisotopic (exact) mass is 225 g/mol. The second kappa shape index (κ2) is 4.54. The number of nitriles is 1. The lowest BCUT2D eigenvalue weighted by molar-refractivity contribution is 0.533. The molecule has 0 unspecified atom stereocenters. The molecule has 4 nitrogen and oxygen atoms in total. The Bertz CT molecular complexity index is 591. The first-order chi connectivity index (χ1) is 8.22. The van der Waals surface area contributed by atoms with E-state index in [1.807, 2.05) is 6.92 Å². The number of nitrogens with two attached hydrogens (primary N) is 1. The van der Waals surface area contributed by atoms with E-state index < -0.39 is 0 Å². The third-order valence-electron chi connectivity index (χ3n) is 2.37. The molecule has 0 fully saturated rings. The van der Waals surface area contributed by atoms with Gasteiger partial charge in [0.15, 0.2) is 0 Å². The van der Waals surface area contributed by atoms with Crippen LogP contribution in [0, 0.1) is 18.3 Å². The summed E-state index contributed by atoms with van der Waals surface area (Å²) >= 11 is 0. The Kier molecular flexibility index (Phi) is 2.93. The Balaban J connectivity index is 2.52. The van der Waals surface area contributed by atoms with E-state index in [-0.39, 0.29) is 0 Å². The summed E-state index contributed by atoms with van der Waals surface area (Å²) in [7, 11) is 0. The van der Waals surface area contributed by atoms with Crippen molar-refractivity contribution in [2.45, 2.75) is 6.92 Å². The van der Waals surface area contributed by atoms with Gasteiger partial charge in [0.25, 0.3) is 0 Å². The van der Waals surface area contributed by atoms with Crippen LogP contribution in [0.5, 0.6) is 0 Å². The lowest BCUT2D eigenvalue weighted by Crippen LogP contribution is -1.99. The van der Waals surface area contributed by atoms with Crippen LogP contribution in [-0.2, 0) is 0 Å². The van der Waals surface area contributed by atoms with Gasteiger partial charge >= 0.3 is 0 Å². The van der Waals surface area contributed by atoms with E-state index in [0.29, 0.717) is 22.4 Å². The maximum atomic E-state index is 9.17. The largest absolute Gasteiger partial charge is 0.469 e. The van der Waals surface area contributed by atoms with E-state index in [9.17, 15) is 5.26 Å². The van der Waals surface area contributed by atoms with Crippen molar-refractivity contribution in [3.05, 3.63) is 53.7 Å². The van der Waals surface area contributed by atoms with Gasteiger partial charge in [-0.3, -0.25) is 4.98 Å². The Morgan fingerprint density at radius 1 is 1.47 bits per heavy atom. The van der Waals surface area contributed by atoms with Crippen LogP contribution < -0.4 is 5.73 Å². The number of nitrogens with zero attached hydrogens (tertiary/aromatic N) is 2. The van der Waals surface area contributed by atoms with Crippen LogP contribution in [0.15, 0.2) is 41.3 Å². The highest BCUT2D eigenvalue weighted by atomic mass is 16.3. The number of aryl methyl sites for hydroxylation is 1. The Hall–Kier alpha value is -2.54. The normalized spacial score (nSPS) is 11.8. The van der Waals surface area contributed by atoms with Crippen molar-refractivity contribution in [3.63, 3.8) is 0 Å². The SMILES string of the molecule is Cc1cc(/C(N)=C(/C#N)c2cccnc2)co1. The van der Waals surface area contributed by atoms with E-state index in [1.54, 1.807) is 36.9 Å². The fraction of sp³-hybridized carbons (Fsp3) is 0.0769. The van der Waals surface area contributed by atoms with E-state index in [4.69, 9.17) is 10.2 Å². The van der Waals surface area contributed by atoms with Gasteiger partial charge in [-0.15, -0.1) is 0 Å². The minimum absolute atomic E-state index is 0.400. The highest BCUT2D eigenvalue weighted by molar-refractivity contribution is 5.95. The number of allylic oxidation sites excluding steroid dienone is 1. The molecule has 0 radical (unpaired) electrons. The Labute approximate surface area is 99.0 Å². The van der Waals surface area contributed by atoms with Crippen molar-refractivity contribution in [1.29, 1.82) is 5.26 Å². The van der Waals surface area contributed by atoms with E-state index in [0.717, 1.165) is 5.76 Å². The summed E-state index contributed by atoms with van der Waals surface area (Å²) in [5.74, 6) is 0.756. The molecule has 2 heterocycles. The molecule has 0 saturated carbocycles. The number of pyridine rings is 1. The van der Waals surface area contributed by atoms with Crippen LogP contribution in [0.2, 0.25) is 0 Å². The molecule has 0 aliphatic carbocycles. The fourth-order valence-corrected chi connectivity index (χ4v) is 1.52. The maximum Gasteiger partial charge on any atom is 0.102 e.